The maximum absolute atomic E-state index is 5.55. The molecule has 0 spiro atoms. The summed E-state index contributed by atoms with van der Waals surface area (Å²) in [6.45, 7) is 4.32. The predicted octanol–water partition coefficient (Wildman–Crippen LogP) is 5.07. The van der Waals surface area contributed by atoms with Gasteiger partial charge in [-0.3, -0.25) is 0 Å². The highest BCUT2D eigenvalue weighted by atomic mass is 32.2. The van der Waals surface area contributed by atoms with Gasteiger partial charge in [-0.1, -0.05) is 79.7 Å². The predicted molar refractivity (Wildman–Crippen MR) is 141 cm³/mol. The van der Waals surface area contributed by atoms with Gasteiger partial charge in [0.15, 0.2) is 0 Å². The normalized spacial score (nSPS) is 20.9. The first kappa shape index (κ1) is 23.7. The molecule has 2 aromatic rings. The van der Waals surface area contributed by atoms with Gasteiger partial charge < -0.3 is 4.74 Å². The minimum absolute atomic E-state index is 0.288. The van der Waals surface area contributed by atoms with Crippen LogP contribution in [0.5, 0.6) is 0 Å². The molecule has 3 atom stereocenters. The Labute approximate surface area is 199 Å². The summed E-state index contributed by atoms with van der Waals surface area (Å²) >= 11 is 1.88. The van der Waals surface area contributed by atoms with Crippen molar-refractivity contribution >= 4 is 30.3 Å². The van der Waals surface area contributed by atoms with E-state index in [-0.39, 0.29) is 6.04 Å². The van der Waals surface area contributed by atoms with Gasteiger partial charge in [0.25, 0.3) is 0 Å². The molecule has 32 heavy (non-hydrogen) atoms. The molecule has 5 heteroatoms. The molecule has 0 aromatic heterocycles. The molecule has 0 radical (unpaired) electrons. The summed E-state index contributed by atoms with van der Waals surface area (Å²) in [5, 5.41) is 5.36. The lowest BCUT2D eigenvalue weighted by molar-refractivity contribution is 0.0750. The van der Waals surface area contributed by atoms with Crippen LogP contribution in [-0.4, -0.2) is 49.3 Å². The molecule has 3 unspecified atom stereocenters. The third-order valence-corrected chi connectivity index (χ3v) is 10.2. The Morgan fingerprint density at radius 2 is 1.75 bits per heavy atom. The van der Waals surface area contributed by atoms with Crippen molar-refractivity contribution in [2.45, 2.75) is 43.9 Å². The summed E-state index contributed by atoms with van der Waals surface area (Å²) in [6, 6.07) is 23.0. The van der Waals surface area contributed by atoms with Crippen molar-refractivity contribution in [2.75, 3.05) is 26.5 Å². The fraction of sp³-hybridized carbons (Fsp3) is 0.407. The first-order valence-electron chi connectivity index (χ1n) is 11.6. The van der Waals surface area contributed by atoms with E-state index in [2.05, 4.69) is 96.4 Å². The van der Waals surface area contributed by atoms with Crippen molar-refractivity contribution in [3.05, 3.63) is 83.3 Å². The molecule has 4 rings (SSSR count). The van der Waals surface area contributed by atoms with Crippen LogP contribution in [0.2, 0.25) is 0 Å². The van der Waals surface area contributed by atoms with E-state index in [1.807, 2.05) is 18.9 Å². The van der Waals surface area contributed by atoms with E-state index in [0.29, 0.717) is 11.7 Å². The quantitative estimate of drug-likeness (QED) is 0.494. The number of allylic oxidation sites excluding steroid dienone is 2. The highest BCUT2D eigenvalue weighted by Gasteiger charge is 2.35. The minimum atomic E-state index is -0.526. The molecule has 0 amide bonds. The van der Waals surface area contributed by atoms with Gasteiger partial charge in [0.2, 0.25) is 0 Å². The molecular formula is C27H35N2OPS. The zero-order chi connectivity index (χ0) is 22.3. The van der Waals surface area contributed by atoms with Gasteiger partial charge in [0.05, 0.1) is 12.6 Å². The molecule has 1 aliphatic heterocycles. The molecule has 0 bridgehead atoms. The van der Waals surface area contributed by atoms with Crippen molar-refractivity contribution in [2.24, 2.45) is 0 Å². The number of rotatable bonds is 10. The number of methoxy groups -OCH3 is 1. The topological polar surface area (TPSA) is 24.5 Å². The van der Waals surface area contributed by atoms with Crippen LogP contribution in [0.3, 0.4) is 0 Å². The Balaban J connectivity index is 1.71. The van der Waals surface area contributed by atoms with Gasteiger partial charge in [-0.15, -0.1) is 11.8 Å². The maximum Gasteiger partial charge on any atom is 0.0632 e. The second-order valence-electron chi connectivity index (χ2n) is 8.53. The van der Waals surface area contributed by atoms with Gasteiger partial charge >= 0.3 is 0 Å². The number of benzene rings is 2. The molecule has 1 fully saturated rings. The van der Waals surface area contributed by atoms with Crippen LogP contribution in [0.4, 0.5) is 0 Å². The maximum atomic E-state index is 5.55. The summed E-state index contributed by atoms with van der Waals surface area (Å²) in [6.07, 6.45) is 10.3. The Kier molecular flexibility index (Phi) is 8.62. The number of ether oxygens (including phenoxy) is 1. The highest BCUT2D eigenvalue weighted by Crippen LogP contribution is 2.44. The van der Waals surface area contributed by atoms with Crippen molar-refractivity contribution in [3.63, 3.8) is 0 Å². The highest BCUT2D eigenvalue weighted by molar-refractivity contribution is 8.02. The smallest absolute Gasteiger partial charge is 0.0632 e. The van der Waals surface area contributed by atoms with Gasteiger partial charge in [-0.25, -0.2) is 10.4 Å². The Hall–Kier alpha value is -1.42. The summed E-state index contributed by atoms with van der Waals surface area (Å²) in [7, 11) is 1.29. The van der Waals surface area contributed by atoms with Gasteiger partial charge in [-0.2, -0.15) is 0 Å². The molecular weight excluding hydrogens is 431 g/mol. The third-order valence-electron chi connectivity index (χ3n) is 6.52. The van der Waals surface area contributed by atoms with Crippen LogP contribution in [0.25, 0.3) is 0 Å². The van der Waals surface area contributed by atoms with E-state index in [0.717, 1.165) is 19.6 Å². The van der Waals surface area contributed by atoms with Gasteiger partial charge in [0, 0.05) is 30.3 Å². The summed E-state index contributed by atoms with van der Waals surface area (Å²) in [5.41, 5.74) is 6.01. The van der Waals surface area contributed by atoms with Crippen LogP contribution < -0.4 is 16.0 Å². The standard InChI is InChI=1S/C27H35N2OPS/c1-21(31(23-13-6-4-7-14-23)24-15-8-5-9-16-24)27(25-17-10-18-26(25)32-3)28-29-19-11-12-22(29)20-30-2/h4-10,13-16,18,21-22,27-28H,11-12,17,19-20H2,1-3H3. The second kappa shape index (κ2) is 11.6. The zero-order valence-corrected chi connectivity index (χ0v) is 21.1. The van der Waals surface area contributed by atoms with E-state index in [1.165, 1.54) is 33.9 Å². The van der Waals surface area contributed by atoms with E-state index in [1.54, 1.807) is 0 Å². The monoisotopic (exact) mass is 466 g/mol. The van der Waals surface area contributed by atoms with Crippen molar-refractivity contribution < 1.29 is 4.74 Å². The van der Waals surface area contributed by atoms with E-state index in [9.17, 15) is 0 Å². The largest absolute Gasteiger partial charge is 0.383 e. The molecule has 1 aliphatic carbocycles. The number of hydrogen-bond donors (Lipinski definition) is 1. The molecule has 3 nitrogen and oxygen atoms in total. The zero-order valence-electron chi connectivity index (χ0n) is 19.4. The lowest BCUT2D eigenvalue weighted by atomic mass is 10.0. The van der Waals surface area contributed by atoms with Gasteiger partial charge in [0.1, 0.15) is 0 Å². The average Bonchev–Trinajstić information content (AvgIpc) is 3.48. The summed E-state index contributed by atoms with van der Waals surface area (Å²) in [4.78, 5) is 1.42. The molecule has 2 aromatic carbocycles. The van der Waals surface area contributed by atoms with Crippen LogP contribution in [-0.2, 0) is 4.74 Å². The number of thioether (sulfide) groups is 1. The van der Waals surface area contributed by atoms with Crippen molar-refractivity contribution in [3.8, 4) is 0 Å². The molecule has 1 saturated heterocycles. The van der Waals surface area contributed by atoms with Crippen LogP contribution >= 0.6 is 19.7 Å². The summed E-state index contributed by atoms with van der Waals surface area (Å²) < 4.78 is 5.55. The molecule has 170 valence electrons. The van der Waals surface area contributed by atoms with E-state index >= 15 is 0 Å². The third kappa shape index (κ3) is 5.38. The number of hydrazine groups is 1. The van der Waals surface area contributed by atoms with Crippen LogP contribution in [0.1, 0.15) is 26.2 Å². The van der Waals surface area contributed by atoms with E-state index < -0.39 is 7.92 Å². The number of nitrogens with zero attached hydrogens (tertiary/aromatic N) is 1. The Morgan fingerprint density at radius 3 is 2.34 bits per heavy atom. The van der Waals surface area contributed by atoms with Crippen molar-refractivity contribution in [1.29, 1.82) is 0 Å². The molecule has 0 saturated carbocycles. The lowest BCUT2D eigenvalue weighted by Crippen LogP contribution is -2.53. The average molecular weight is 467 g/mol. The fourth-order valence-electron chi connectivity index (χ4n) is 4.95. The van der Waals surface area contributed by atoms with Gasteiger partial charge in [-0.05, 0) is 49.6 Å². The first-order chi connectivity index (χ1) is 15.7. The Morgan fingerprint density at radius 1 is 1.09 bits per heavy atom. The molecule has 1 heterocycles. The summed E-state index contributed by atoms with van der Waals surface area (Å²) in [5.74, 6) is 0. The lowest BCUT2D eigenvalue weighted by Gasteiger charge is -2.38. The fourth-order valence-corrected chi connectivity index (χ4v) is 8.43. The van der Waals surface area contributed by atoms with Crippen LogP contribution in [0.15, 0.2) is 83.3 Å². The minimum Gasteiger partial charge on any atom is -0.383 e. The first-order valence-corrected chi connectivity index (χ1v) is 14.2. The van der Waals surface area contributed by atoms with Crippen LogP contribution in [0, 0.1) is 0 Å². The molecule has 2 aliphatic rings. The number of nitrogens with one attached hydrogen (secondary N) is 1. The number of hydrogen-bond acceptors (Lipinski definition) is 4. The Bertz CT molecular complexity index is 878. The SMILES string of the molecule is COCC1CCCN1NC(C1=C(SC)C=CC1)C(C)P(c1ccccc1)c1ccccc1. The van der Waals surface area contributed by atoms with Crippen molar-refractivity contribution in [1.82, 2.24) is 10.4 Å². The van der Waals surface area contributed by atoms with E-state index in [4.69, 9.17) is 4.74 Å². The molecule has 1 N–H and O–H groups in total. The second-order valence-corrected chi connectivity index (χ2v) is 12.0.